The smallest absolute Gasteiger partial charge is 0.181 e. The standard InChI is InChI=1S/C13H20O2/c1-5-12(14)10-8-11(9-10)15-7-6-13(2,3)4/h5,8,11H,1,6-7,9H2,2-4H3. The summed E-state index contributed by atoms with van der Waals surface area (Å²) in [5.74, 6) is 0.0330. The van der Waals surface area contributed by atoms with E-state index in [4.69, 9.17) is 4.74 Å². The first kappa shape index (κ1) is 12.2. The predicted octanol–water partition coefficient (Wildman–Crippen LogP) is 2.89. The van der Waals surface area contributed by atoms with E-state index in [0.29, 0.717) is 5.41 Å². The molecule has 0 amide bonds. The monoisotopic (exact) mass is 208 g/mol. The summed E-state index contributed by atoms with van der Waals surface area (Å²) in [4.78, 5) is 11.1. The van der Waals surface area contributed by atoms with Gasteiger partial charge in [-0.25, -0.2) is 0 Å². The molecule has 0 aromatic rings. The fourth-order valence-corrected chi connectivity index (χ4v) is 1.34. The number of ether oxygens (including phenoxy) is 1. The van der Waals surface area contributed by atoms with Gasteiger partial charge in [-0.3, -0.25) is 4.79 Å². The lowest BCUT2D eigenvalue weighted by atomic mass is 9.91. The lowest BCUT2D eigenvalue weighted by molar-refractivity contribution is -0.112. The number of hydrogen-bond acceptors (Lipinski definition) is 2. The molecule has 0 saturated heterocycles. The topological polar surface area (TPSA) is 26.3 Å². The third kappa shape index (κ3) is 4.00. The third-order valence-electron chi connectivity index (χ3n) is 2.49. The van der Waals surface area contributed by atoms with E-state index in [1.54, 1.807) is 0 Å². The highest BCUT2D eigenvalue weighted by atomic mass is 16.5. The number of carbonyl (C=O) groups is 1. The van der Waals surface area contributed by atoms with Gasteiger partial charge in [-0.1, -0.05) is 27.4 Å². The lowest BCUT2D eigenvalue weighted by Gasteiger charge is -2.26. The van der Waals surface area contributed by atoms with Gasteiger partial charge in [0.15, 0.2) is 5.78 Å². The number of hydrogen-bond donors (Lipinski definition) is 0. The Kier molecular flexibility index (Phi) is 3.86. The molecule has 0 spiro atoms. The molecule has 0 aromatic heterocycles. The van der Waals surface area contributed by atoms with Crippen LogP contribution in [0.5, 0.6) is 0 Å². The summed E-state index contributed by atoms with van der Waals surface area (Å²) in [6.45, 7) is 10.8. The zero-order valence-corrected chi connectivity index (χ0v) is 9.88. The number of rotatable bonds is 5. The summed E-state index contributed by atoms with van der Waals surface area (Å²) in [5, 5.41) is 0. The van der Waals surface area contributed by atoms with E-state index in [2.05, 4.69) is 27.4 Å². The van der Waals surface area contributed by atoms with Crippen molar-refractivity contribution >= 4 is 5.78 Å². The maximum atomic E-state index is 11.1. The van der Waals surface area contributed by atoms with Gasteiger partial charge in [0.2, 0.25) is 0 Å². The van der Waals surface area contributed by atoms with Crippen molar-refractivity contribution < 1.29 is 9.53 Å². The largest absolute Gasteiger partial charge is 0.374 e. The highest BCUT2D eigenvalue weighted by Crippen LogP contribution is 2.25. The summed E-state index contributed by atoms with van der Waals surface area (Å²) in [6, 6.07) is 0. The fraction of sp³-hybridized carbons (Fsp3) is 0.615. The minimum absolute atomic E-state index is 0.0330. The molecule has 0 heterocycles. The second-order valence-electron chi connectivity index (χ2n) is 5.18. The van der Waals surface area contributed by atoms with Crippen LogP contribution in [-0.4, -0.2) is 18.5 Å². The Morgan fingerprint density at radius 3 is 2.73 bits per heavy atom. The van der Waals surface area contributed by atoms with Crippen LogP contribution in [0.25, 0.3) is 0 Å². The number of allylic oxidation sites excluding steroid dienone is 1. The molecule has 1 aliphatic carbocycles. The van der Waals surface area contributed by atoms with Crippen molar-refractivity contribution in [2.24, 2.45) is 5.41 Å². The van der Waals surface area contributed by atoms with Crippen LogP contribution in [0, 0.1) is 5.41 Å². The average Bonchev–Trinajstić information content (AvgIpc) is 2.06. The van der Waals surface area contributed by atoms with Crippen LogP contribution in [0.15, 0.2) is 24.3 Å². The molecule has 0 radical (unpaired) electrons. The van der Waals surface area contributed by atoms with E-state index in [1.807, 2.05) is 6.08 Å². The quantitative estimate of drug-likeness (QED) is 0.649. The first-order valence-electron chi connectivity index (χ1n) is 5.41. The summed E-state index contributed by atoms with van der Waals surface area (Å²) >= 11 is 0. The lowest BCUT2D eigenvalue weighted by Crippen LogP contribution is -2.25. The van der Waals surface area contributed by atoms with Gasteiger partial charge in [0.1, 0.15) is 0 Å². The molecule has 2 heteroatoms. The van der Waals surface area contributed by atoms with Crippen LogP contribution in [0.1, 0.15) is 33.6 Å². The molecular weight excluding hydrogens is 188 g/mol. The molecule has 1 atom stereocenters. The molecule has 15 heavy (non-hydrogen) atoms. The van der Waals surface area contributed by atoms with E-state index >= 15 is 0 Å². The van der Waals surface area contributed by atoms with E-state index in [-0.39, 0.29) is 11.9 Å². The van der Waals surface area contributed by atoms with E-state index in [0.717, 1.165) is 25.0 Å². The van der Waals surface area contributed by atoms with Crippen molar-refractivity contribution in [1.82, 2.24) is 0 Å². The van der Waals surface area contributed by atoms with Crippen LogP contribution in [0.4, 0.5) is 0 Å². The number of carbonyl (C=O) groups excluding carboxylic acids is 1. The third-order valence-corrected chi connectivity index (χ3v) is 2.49. The van der Waals surface area contributed by atoms with Crippen LogP contribution >= 0.6 is 0 Å². The fourth-order valence-electron chi connectivity index (χ4n) is 1.34. The Labute approximate surface area is 92.0 Å². The summed E-state index contributed by atoms with van der Waals surface area (Å²) in [5.41, 5.74) is 1.15. The van der Waals surface area contributed by atoms with E-state index < -0.39 is 0 Å². The van der Waals surface area contributed by atoms with Gasteiger partial charge in [-0.15, -0.1) is 0 Å². The molecule has 0 N–H and O–H groups in total. The Morgan fingerprint density at radius 2 is 2.27 bits per heavy atom. The highest BCUT2D eigenvalue weighted by molar-refractivity contribution is 6.04. The zero-order chi connectivity index (χ0) is 11.5. The minimum atomic E-state index is 0.0330. The first-order valence-corrected chi connectivity index (χ1v) is 5.41. The molecular formula is C13H20O2. The second-order valence-corrected chi connectivity index (χ2v) is 5.18. The van der Waals surface area contributed by atoms with Crippen LogP contribution < -0.4 is 0 Å². The summed E-state index contributed by atoms with van der Waals surface area (Å²) < 4.78 is 5.62. The van der Waals surface area contributed by atoms with Crippen molar-refractivity contribution in [1.29, 1.82) is 0 Å². The van der Waals surface area contributed by atoms with E-state index in [9.17, 15) is 4.79 Å². The minimum Gasteiger partial charge on any atom is -0.374 e. The molecule has 1 unspecified atom stereocenters. The Hall–Kier alpha value is -0.890. The Balaban J connectivity index is 2.21. The van der Waals surface area contributed by atoms with Gasteiger partial charge in [0.05, 0.1) is 6.10 Å². The molecule has 1 rings (SSSR count). The number of ketones is 1. The molecule has 84 valence electrons. The highest BCUT2D eigenvalue weighted by Gasteiger charge is 2.23. The zero-order valence-electron chi connectivity index (χ0n) is 9.88. The molecule has 0 saturated carbocycles. The summed E-state index contributed by atoms with van der Waals surface area (Å²) in [7, 11) is 0. The van der Waals surface area contributed by atoms with Gasteiger partial charge in [-0.2, -0.15) is 0 Å². The normalized spacial score (nSPS) is 20.5. The van der Waals surface area contributed by atoms with Crippen LogP contribution in [0.2, 0.25) is 0 Å². The van der Waals surface area contributed by atoms with Crippen LogP contribution in [0.3, 0.4) is 0 Å². The molecule has 0 fully saturated rings. The maximum Gasteiger partial charge on any atom is 0.181 e. The van der Waals surface area contributed by atoms with Gasteiger partial charge in [0.25, 0.3) is 0 Å². The van der Waals surface area contributed by atoms with Crippen molar-refractivity contribution in [3.8, 4) is 0 Å². The Morgan fingerprint density at radius 1 is 1.67 bits per heavy atom. The van der Waals surface area contributed by atoms with Crippen molar-refractivity contribution in [3.05, 3.63) is 24.3 Å². The van der Waals surface area contributed by atoms with Crippen LogP contribution in [-0.2, 0) is 9.53 Å². The molecule has 1 aliphatic rings. The summed E-state index contributed by atoms with van der Waals surface area (Å²) in [6.07, 6.45) is 5.19. The maximum absolute atomic E-state index is 11.1. The van der Waals surface area contributed by atoms with Crippen molar-refractivity contribution in [2.45, 2.75) is 39.7 Å². The predicted molar refractivity (Wildman–Crippen MR) is 61.7 cm³/mol. The first-order chi connectivity index (χ1) is 6.92. The molecule has 0 aliphatic heterocycles. The van der Waals surface area contributed by atoms with E-state index in [1.165, 1.54) is 6.08 Å². The molecule has 0 aromatic carbocycles. The average molecular weight is 208 g/mol. The van der Waals surface area contributed by atoms with Gasteiger partial charge in [-0.05, 0) is 24.0 Å². The van der Waals surface area contributed by atoms with Gasteiger partial charge < -0.3 is 4.74 Å². The second kappa shape index (κ2) is 4.75. The van der Waals surface area contributed by atoms with Crippen molar-refractivity contribution in [3.63, 3.8) is 0 Å². The van der Waals surface area contributed by atoms with Gasteiger partial charge in [0, 0.05) is 18.6 Å². The SMILES string of the molecule is C=CC(=O)C1=CC(OCCC(C)(C)C)C1. The Bertz CT molecular complexity index is 281. The molecule has 2 nitrogen and oxygen atoms in total. The van der Waals surface area contributed by atoms with Crippen molar-refractivity contribution in [2.75, 3.05) is 6.61 Å². The van der Waals surface area contributed by atoms with Gasteiger partial charge >= 0.3 is 0 Å². The molecule has 0 bridgehead atoms.